The number of benzene rings is 1. The number of hydrogen-bond acceptors (Lipinski definition) is 3. The summed E-state index contributed by atoms with van der Waals surface area (Å²) in [4.78, 5) is 4.56. The Bertz CT molecular complexity index is 438. The molecule has 0 aromatic heterocycles. The summed E-state index contributed by atoms with van der Waals surface area (Å²) < 4.78 is 13.3. The molecular weight excluding hydrogens is 243 g/mol. The summed E-state index contributed by atoms with van der Waals surface area (Å²) in [6, 6.07) is 4.62. The summed E-state index contributed by atoms with van der Waals surface area (Å²) in [5.41, 5.74) is 0.663. The number of piperidine rings is 1. The highest BCUT2D eigenvalue weighted by molar-refractivity contribution is 5.35. The normalized spacial score (nSPS) is 22.7. The maximum atomic E-state index is 13.3. The Kier molecular flexibility index (Phi) is 4.42. The van der Waals surface area contributed by atoms with E-state index in [4.69, 9.17) is 0 Å². The van der Waals surface area contributed by atoms with Crippen LogP contribution in [0.3, 0.4) is 0 Å². The van der Waals surface area contributed by atoms with Gasteiger partial charge in [0.25, 0.3) is 0 Å². The van der Waals surface area contributed by atoms with E-state index < -0.39 is 0 Å². The van der Waals surface area contributed by atoms with E-state index in [2.05, 4.69) is 23.9 Å². The Balaban J connectivity index is 2.13. The molecule has 1 saturated heterocycles. The smallest absolute Gasteiger partial charge is 0.123 e. The lowest BCUT2D eigenvalue weighted by atomic mass is 10.00. The fourth-order valence-electron chi connectivity index (χ4n) is 2.87. The fourth-order valence-corrected chi connectivity index (χ4v) is 2.87. The molecular formula is C15H23FN2O. The zero-order valence-corrected chi connectivity index (χ0v) is 11.9. The maximum Gasteiger partial charge on any atom is 0.123 e. The topological polar surface area (TPSA) is 26.7 Å². The van der Waals surface area contributed by atoms with Crippen LogP contribution in [0.25, 0.3) is 0 Å². The van der Waals surface area contributed by atoms with Gasteiger partial charge in [0.05, 0.1) is 0 Å². The van der Waals surface area contributed by atoms with Crippen LogP contribution in [0.5, 0.6) is 5.75 Å². The van der Waals surface area contributed by atoms with Crippen LogP contribution in [-0.2, 0) is 0 Å². The van der Waals surface area contributed by atoms with E-state index in [9.17, 15) is 9.50 Å². The number of phenols is 1. The summed E-state index contributed by atoms with van der Waals surface area (Å²) in [5, 5.41) is 9.90. The van der Waals surface area contributed by atoms with Gasteiger partial charge in [-0.05, 0) is 58.6 Å². The van der Waals surface area contributed by atoms with Crippen molar-refractivity contribution in [2.45, 2.75) is 31.8 Å². The van der Waals surface area contributed by atoms with Gasteiger partial charge in [0.2, 0.25) is 0 Å². The zero-order valence-electron chi connectivity index (χ0n) is 11.9. The third-order valence-electron chi connectivity index (χ3n) is 4.23. The number of nitrogens with zero attached hydrogens (tertiary/aromatic N) is 2. The highest BCUT2D eigenvalue weighted by atomic mass is 19.1. The molecule has 1 N–H and O–H groups in total. The van der Waals surface area contributed by atoms with E-state index in [1.165, 1.54) is 24.6 Å². The first-order valence-electron chi connectivity index (χ1n) is 6.88. The molecule has 0 aliphatic carbocycles. The van der Waals surface area contributed by atoms with Gasteiger partial charge in [0.1, 0.15) is 11.6 Å². The Hall–Kier alpha value is -1.13. The molecule has 1 fully saturated rings. The molecule has 0 radical (unpaired) electrons. The van der Waals surface area contributed by atoms with Crippen molar-refractivity contribution in [3.63, 3.8) is 0 Å². The standard InChI is InChI=1S/C15H23FN2O/c1-11(14-9-12(16)6-7-15(14)19)18(3)13-5-4-8-17(2)10-13/h6-7,9,11,13,19H,4-5,8,10H2,1-3H3. The summed E-state index contributed by atoms with van der Waals surface area (Å²) in [6.07, 6.45) is 2.34. The van der Waals surface area contributed by atoms with Crippen molar-refractivity contribution in [2.75, 3.05) is 27.2 Å². The van der Waals surface area contributed by atoms with Crippen LogP contribution in [-0.4, -0.2) is 48.1 Å². The van der Waals surface area contributed by atoms with Crippen LogP contribution < -0.4 is 0 Å². The van der Waals surface area contributed by atoms with Gasteiger partial charge in [0, 0.05) is 24.2 Å². The minimum atomic E-state index is -0.297. The van der Waals surface area contributed by atoms with Gasteiger partial charge in [-0.2, -0.15) is 0 Å². The molecule has 3 nitrogen and oxygen atoms in total. The number of aromatic hydroxyl groups is 1. The SMILES string of the molecule is CC(c1cc(F)ccc1O)N(C)C1CCCN(C)C1. The second kappa shape index (κ2) is 5.88. The minimum absolute atomic E-state index is 0.00667. The average Bonchev–Trinajstić information content (AvgIpc) is 2.40. The first kappa shape index (κ1) is 14.3. The molecule has 2 rings (SSSR count). The van der Waals surface area contributed by atoms with Gasteiger partial charge in [-0.25, -0.2) is 4.39 Å². The monoisotopic (exact) mass is 266 g/mol. The molecule has 1 aromatic rings. The second-order valence-electron chi connectivity index (χ2n) is 5.60. The van der Waals surface area contributed by atoms with Crippen LogP contribution >= 0.6 is 0 Å². The molecule has 0 saturated carbocycles. The van der Waals surface area contributed by atoms with Gasteiger partial charge >= 0.3 is 0 Å². The van der Waals surface area contributed by atoms with Crippen molar-refractivity contribution in [1.29, 1.82) is 0 Å². The van der Waals surface area contributed by atoms with Crippen molar-refractivity contribution in [2.24, 2.45) is 0 Å². The third kappa shape index (κ3) is 3.25. The van der Waals surface area contributed by atoms with Crippen LogP contribution in [0.2, 0.25) is 0 Å². The Morgan fingerprint density at radius 1 is 1.47 bits per heavy atom. The van der Waals surface area contributed by atoms with E-state index in [-0.39, 0.29) is 17.6 Å². The number of likely N-dealkylation sites (N-methyl/N-ethyl adjacent to an activating group) is 2. The van der Waals surface area contributed by atoms with Crippen LogP contribution in [0.4, 0.5) is 4.39 Å². The van der Waals surface area contributed by atoms with E-state index in [1.54, 1.807) is 0 Å². The highest BCUT2D eigenvalue weighted by Gasteiger charge is 2.26. The van der Waals surface area contributed by atoms with Gasteiger partial charge in [-0.3, -0.25) is 4.90 Å². The lowest BCUT2D eigenvalue weighted by Crippen LogP contribution is -2.45. The van der Waals surface area contributed by atoms with Crippen molar-refractivity contribution in [3.05, 3.63) is 29.6 Å². The highest BCUT2D eigenvalue weighted by Crippen LogP contribution is 2.30. The van der Waals surface area contributed by atoms with Crippen molar-refractivity contribution in [1.82, 2.24) is 9.80 Å². The third-order valence-corrected chi connectivity index (χ3v) is 4.23. The fraction of sp³-hybridized carbons (Fsp3) is 0.600. The van der Waals surface area contributed by atoms with E-state index in [1.807, 2.05) is 6.92 Å². The first-order chi connectivity index (χ1) is 8.99. The van der Waals surface area contributed by atoms with E-state index in [0.717, 1.165) is 19.5 Å². The molecule has 19 heavy (non-hydrogen) atoms. The second-order valence-corrected chi connectivity index (χ2v) is 5.60. The van der Waals surface area contributed by atoms with Gasteiger partial charge in [-0.1, -0.05) is 0 Å². The van der Waals surface area contributed by atoms with E-state index >= 15 is 0 Å². The predicted octanol–water partition coefficient (Wildman–Crippen LogP) is 2.62. The van der Waals surface area contributed by atoms with Crippen molar-refractivity contribution in [3.8, 4) is 5.75 Å². The maximum absolute atomic E-state index is 13.3. The number of rotatable bonds is 3. The van der Waals surface area contributed by atoms with Crippen LogP contribution in [0.15, 0.2) is 18.2 Å². The molecule has 2 unspecified atom stereocenters. The molecule has 106 valence electrons. The molecule has 1 aliphatic rings. The molecule has 4 heteroatoms. The lowest BCUT2D eigenvalue weighted by Gasteiger charge is -2.39. The molecule has 0 spiro atoms. The Morgan fingerprint density at radius 3 is 2.89 bits per heavy atom. The quantitative estimate of drug-likeness (QED) is 0.911. The summed E-state index contributed by atoms with van der Waals surface area (Å²) in [6.45, 7) is 4.18. The summed E-state index contributed by atoms with van der Waals surface area (Å²) in [5.74, 6) is -0.126. The van der Waals surface area contributed by atoms with Gasteiger partial charge in [0.15, 0.2) is 0 Å². The number of phenolic OH excluding ortho intramolecular Hbond substituents is 1. The molecule has 1 heterocycles. The van der Waals surface area contributed by atoms with Gasteiger partial charge < -0.3 is 10.0 Å². The van der Waals surface area contributed by atoms with E-state index in [0.29, 0.717) is 11.6 Å². The Labute approximate surface area is 114 Å². The zero-order chi connectivity index (χ0) is 14.0. The summed E-state index contributed by atoms with van der Waals surface area (Å²) in [7, 11) is 4.18. The molecule has 1 aromatic carbocycles. The van der Waals surface area contributed by atoms with Crippen LogP contribution in [0.1, 0.15) is 31.4 Å². The number of halogens is 1. The molecule has 2 atom stereocenters. The average molecular weight is 266 g/mol. The largest absolute Gasteiger partial charge is 0.508 e. The van der Waals surface area contributed by atoms with Crippen LogP contribution in [0, 0.1) is 5.82 Å². The van der Waals surface area contributed by atoms with Crippen molar-refractivity contribution >= 4 is 0 Å². The minimum Gasteiger partial charge on any atom is -0.508 e. The molecule has 0 amide bonds. The molecule has 0 bridgehead atoms. The summed E-state index contributed by atoms with van der Waals surface area (Å²) >= 11 is 0. The van der Waals surface area contributed by atoms with Gasteiger partial charge in [-0.15, -0.1) is 0 Å². The van der Waals surface area contributed by atoms with Crippen molar-refractivity contribution < 1.29 is 9.50 Å². The number of hydrogen-bond donors (Lipinski definition) is 1. The first-order valence-corrected chi connectivity index (χ1v) is 6.88. The number of likely N-dealkylation sites (tertiary alicyclic amines) is 1. The predicted molar refractivity (Wildman–Crippen MR) is 74.8 cm³/mol. The Morgan fingerprint density at radius 2 is 2.21 bits per heavy atom. The lowest BCUT2D eigenvalue weighted by molar-refractivity contribution is 0.104. The molecule has 1 aliphatic heterocycles.